The van der Waals surface area contributed by atoms with Crippen molar-refractivity contribution in [2.75, 3.05) is 29.1 Å². The molecule has 2 aromatic carbocycles. The molecular weight excluding hydrogens is 482 g/mol. The lowest BCUT2D eigenvalue weighted by molar-refractivity contribution is -0.118. The van der Waals surface area contributed by atoms with Crippen LogP contribution in [0.4, 0.5) is 11.4 Å². The second kappa shape index (κ2) is 13.6. The molecule has 0 unspecified atom stereocenters. The van der Waals surface area contributed by atoms with Crippen LogP contribution in [0.25, 0.3) is 0 Å². The lowest BCUT2D eigenvalue weighted by atomic mass is 10.2. The highest BCUT2D eigenvalue weighted by molar-refractivity contribution is 7.99. The van der Waals surface area contributed by atoms with E-state index in [1.165, 1.54) is 17.4 Å². The fraction of sp³-hybridized carbons (Fsp3) is 0.280. The molecule has 0 aliphatic heterocycles. The molecule has 3 rings (SSSR count). The number of halogens is 1. The molecular formula is C25H30ClN7OS. The SMILES string of the molecule is C=CCn1c(CNc2ccc(Cl)cc2)nnc1SCC(=O)N/N=C/c1ccc(N(CC)CC)cc1. The highest BCUT2D eigenvalue weighted by Crippen LogP contribution is 2.19. The first-order valence-corrected chi connectivity index (χ1v) is 12.7. The van der Waals surface area contributed by atoms with E-state index in [1.807, 2.05) is 41.0 Å². The third-order valence-corrected chi connectivity index (χ3v) is 6.38. The molecule has 1 amide bonds. The average Bonchev–Trinajstić information content (AvgIpc) is 3.25. The van der Waals surface area contributed by atoms with E-state index < -0.39 is 0 Å². The summed E-state index contributed by atoms with van der Waals surface area (Å²) in [4.78, 5) is 14.6. The van der Waals surface area contributed by atoms with E-state index in [0.717, 1.165) is 30.2 Å². The Morgan fingerprint density at radius 1 is 1.14 bits per heavy atom. The van der Waals surface area contributed by atoms with Crippen LogP contribution in [0.5, 0.6) is 0 Å². The molecule has 0 aliphatic carbocycles. The van der Waals surface area contributed by atoms with Gasteiger partial charge in [-0.25, -0.2) is 5.43 Å². The molecule has 1 aromatic heterocycles. The van der Waals surface area contributed by atoms with Crippen molar-refractivity contribution in [3.05, 3.63) is 77.6 Å². The predicted molar refractivity (Wildman–Crippen MR) is 145 cm³/mol. The average molecular weight is 512 g/mol. The van der Waals surface area contributed by atoms with Crippen molar-refractivity contribution in [3.63, 3.8) is 0 Å². The quantitative estimate of drug-likeness (QED) is 0.148. The van der Waals surface area contributed by atoms with Crippen molar-refractivity contribution < 1.29 is 4.79 Å². The third-order valence-electron chi connectivity index (χ3n) is 5.16. The molecule has 3 aromatic rings. The lowest BCUT2D eigenvalue weighted by Gasteiger charge is -2.20. The van der Waals surface area contributed by atoms with Gasteiger partial charge >= 0.3 is 0 Å². The Hall–Kier alpha value is -3.30. The van der Waals surface area contributed by atoms with Gasteiger partial charge in [0.25, 0.3) is 5.91 Å². The minimum absolute atomic E-state index is 0.165. The number of thioether (sulfide) groups is 1. The van der Waals surface area contributed by atoms with Crippen LogP contribution in [0.15, 0.2) is 71.4 Å². The van der Waals surface area contributed by atoms with Gasteiger partial charge in [-0.3, -0.25) is 4.79 Å². The minimum Gasteiger partial charge on any atom is -0.378 e. The van der Waals surface area contributed by atoms with Crippen molar-refractivity contribution in [1.82, 2.24) is 20.2 Å². The predicted octanol–water partition coefficient (Wildman–Crippen LogP) is 4.82. The number of hydrogen-bond acceptors (Lipinski definition) is 7. The number of benzene rings is 2. The summed E-state index contributed by atoms with van der Waals surface area (Å²) >= 11 is 7.24. The van der Waals surface area contributed by atoms with Crippen molar-refractivity contribution in [3.8, 4) is 0 Å². The van der Waals surface area contributed by atoms with E-state index in [2.05, 4.69) is 63.5 Å². The van der Waals surface area contributed by atoms with E-state index in [0.29, 0.717) is 23.3 Å². The smallest absolute Gasteiger partial charge is 0.250 e. The molecule has 0 atom stereocenters. The molecule has 10 heteroatoms. The molecule has 0 spiro atoms. The number of aromatic nitrogens is 3. The van der Waals surface area contributed by atoms with Gasteiger partial charge in [-0.2, -0.15) is 5.10 Å². The Morgan fingerprint density at radius 2 is 1.86 bits per heavy atom. The van der Waals surface area contributed by atoms with Crippen LogP contribution in [0, 0.1) is 0 Å². The minimum atomic E-state index is -0.222. The van der Waals surface area contributed by atoms with Crippen molar-refractivity contribution >= 4 is 46.9 Å². The van der Waals surface area contributed by atoms with E-state index >= 15 is 0 Å². The first kappa shape index (κ1) is 26.3. The Morgan fingerprint density at radius 3 is 2.51 bits per heavy atom. The molecule has 2 N–H and O–H groups in total. The van der Waals surface area contributed by atoms with Crippen molar-refractivity contribution in [2.45, 2.75) is 32.1 Å². The van der Waals surface area contributed by atoms with Gasteiger partial charge in [0.2, 0.25) is 0 Å². The van der Waals surface area contributed by atoms with E-state index in [-0.39, 0.29) is 11.7 Å². The first-order valence-electron chi connectivity index (χ1n) is 11.4. The molecule has 0 fully saturated rings. The zero-order chi connectivity index (χ0) is 25.0. The van der Waals surface area contributed by atoms with Gasteiger partial charge in [-0.1, -0.05) is 41.6 Å². The molecule has 0 bridgehead atoms. The maximum absolute atomic E-state index is 12.3. The summed E-state index contributed by atoms with van der Waals surface area (Å²) in [6.07, 6.45) is 3.41. The summed E-state index contributed by atoms with van der Waals surface area (Å²) < 4.78 is 1.93. The summed E-state index contributed by atoms with van der Waals surface area (Å²) in [5, 5.41) is 17.2. The summed E-state index contributed by atoms with van der Waals surface area (Å²) in [6, 6.07) is 15.5. The number of nitrogens with one attached hydrogen (secondary N) is 2. The van der Waals surface area contributed by atoms with Crippen LogP contribution in [0.1, 0.15) is 25.2 Å². The second-order valence-corrected chi connectivity index (χ2v) is 8.88. The van der Waals surface area contributed by atoms with E-state index in [4.69, 9.17) is 11.6 Å². The summed E-state index contributed by atoms with van der Waals surface area (Å²) in [5.74, 6) is 0.687. The topological polar surface area (TPSA) is 87.4 Å². The van der Waals surface area contributed by atoms with Crippen LogP contribution in [0.3, 0.4) is 0 Å². The normalized spacial score (nSPS) is 10.9. The highest BCUT2D eigenvalue weighted by atomic mass is 35.5. The van der Waals surface area contributed by atoms with Crippen LogP contribution >= 0.6 is 23.4 Å². The molecule has 0 radical (unpaired) electrons. The molecule has 8 nitrogen and oxygen atoms in total. The van der Waals surface area contributed by atoms with E-state index in [1.54, 1.807) is 12.3 Å². The van der Waals surface area contributed by atoms with E-state index in [9.17, 15) is 4.79 Å². The number of amides is 1. The van der Waals surface area contributed by atoms with Crippen LogP contribution in [-0.4, -0.2) is 45.7 Å². The fourth-order valence-electron chi connectivity index (χ4n) is 3.32. The van der Waals surface area contributed by atoms with Gasteiger partial charge in [-0.15, -0.1) is 16.8 Å². The monoisotopic (exact) mass is 511 g/mol. The first-order chi connectivity index (χ1) is 17.0. The molecule has 1 heterocycles. The van der Waals surface area contributed by atoms with Gasteiger partial charge < -0.3 is 14.8 Å². The Kier molecular flexibility index (Phi) is 10.2. The number of carbonyl (C=O) groups excluding carboxylic acids is 1. The van der Waals surface area contributed by atoms with Crippen molar-refractivity contribution in [2.24, 2.45) is 5.10 Å². The Balaban J connectivity index is 1.51. The Labute approximate surface area is 215 Å². The van der Waals surface area contributed by atoms with Crippen LogP contribution in [-0.2, 0) is 17.9 Å². The molecule has 0 saturated heterocycles. The molecule has 184 valence electrons. The third kappa shape index (κ3) is 7.87. The summed E-state index contributed by atoms with van der Waals surface area (Å²) in [5.41, 5.74) is 5.58. The molecule has 0 aliphatic rings. The van der Waals surface area contributed by atoms with Gasteiger partial charge in [0, 0.05) is 36.0 Å². The Bertz CT molecular complexity index is 1130. The van der Waals surface area contributed by atoms with Gasteiger partial charge in [0.05, 0.1) is 18.5 Å². The fourth-order valence-corrected chi connectivity index (χ4v) is 4.20. The number of hydrazone groups is 1. The zero-order valence-electron chi connectivity index (χ0n) is 19.9. The maximum atomic E-state index is 12.3. The van der Waals surface area contributed by atoms with Gasteiger partial charge in [0.1, 0.15) is 0 Å². The number of anilines is 2. The van der Waals surface area contributed by atoms with Gasteiger partial charge in [-0.05, 0) is 55.8 Å². The summed E-state index contributed by atoms with van der Waals surface area (Å²) in [7, 11) is 0. The number of carbonyl (C=O) groups is 1. The highest BCUT2D eigenvalue weighted by Gasteiger charge is 2.13. The number of nitrogens with zero attached hydrogens (tertiary/aromatic N) is 5. The van der Waals surface area contributed by atoms with Crippen LogP contribution in [0.2, 0.25) is 5.02 Å². The molecule has 0 saturated carbocycles. The maximum Gasteiger partial charge on any atom is 0.250 e. The largest absolute Gasteiger partial charge is 0.378 e. The van der Waals surface area contributed by atoms with Crippen LogP contribution < -0.4 is 15.6 Å². The summed E-state index contributed by atoms with van der Waals surface area (Å²) in [6.45, 7) is 11.0. The number of rotatable bonds is 13. The zero-order valence-corrected chi connectivity index (χ0v) is 21.5. The standard InChI is InChI=1S/C25H30ClN7OS/c1-4-15-33-23(17-27-21-11-9-20(26)10-12-21)29-31-25(33)35-18-24(34)30-28-16-19-7-13-22(14-8-19)32(5-2)6-3/h4,7-14,16,27H,1,5-6,15,17-18H2,2-3H3,(H,30,34)/b28-16+. The number of allylic oxidation sites excluding steroid dienone is 1. The lowest BCUT2D eigenvalue weighted by Crippen LogP contribution is -2.21. The number of hydrogen-bond donors (Lipinski definition) is 2. The molecule has 35 heavy (non-hydrogen) atoms. The van der Waals surface area contributed by atoms with Gasteiger partial charge in [0.15, 0.2) is 11.0 Å². The van der Waals surface area contributed by atoms with Crippen molar-refractivity contribution in [1.29, 1.82) is 0 Å². The second-order valence-electron chi connectivity index (χ2n) is 7.50.